The third-order valence-corrected chi connectivity index (χ3v) is 5.35. The number of hydrogen-bond donors (Lipinski definition) is 1. The van der Waals surface area contributed by atoms with Gasteiger partial charge in [0.2, 0.25) is 5.91 Å². The molecule has 3 amide bonds. The quantitative estimate of drug-likeness (QED) is 0.795. The lowest BCUT2D eigenvalue weighted by Gasteiger charge is -2.41. The van der Waals surface area contributed by atoms with E-state index >= 15 is 0 Å². The summed E-state index contributed by atoms with van der Waals surface area (Å²) in [5.41, 5.74) is 5.52. The summed E-state index contributed by atoms with van der Waals surface area (Å²) in [6, 6.07) is -0.402. The van der Waals surface area contributed by atoms with E-state index in [2.05, 4.69) is 26.8 Å². The van der Waals surface area contributed by atoms with Crippen LogP contribution in [0.4, 0.5) is 4.79 Å². The molecule has 0 aromatic rings. The average Bonchev–Trinajstić information content (AvgIpc) is 2.46. The van der Waals surface area contributed by atoms with Crippen LogP contribution in [0.25, 0.3) is 0 Å². The minimum Gasteiger partial charge on any atom is -0.351 e. The van der Waals surface area contributed by atoms with E-state index < -0.39 is 6.03 Å². The normalized spacial score (nSPS) is 28.9. The van der Waals surface area contributed by atoms with Gasteiger partial charge in [0.15, 0.2) is 0 Å². The third kappa shape index (κ3) is 3.81. The van der Waals surface area contributed by atoms with E-state index in [1.54, 1.807) is 15.9 Å². The van der Waals surface area contributed by atoms with Crippen LogP contribution in [-0.2, 0) is 4.79 Å². The summed E-state index contributed by atoms with van der Waals surface area (Å²) in [5.74, 6) is 1.13. The highest BCUT2D eigenvalue weighted by Gasteiger charge is 2.35. The summed E-state index contributed by atoms with van der Waals surface area (Å²) in [6.45, 7) is 9.07. The van der Waals surface area contributed by atoms with Crippen LogP contribution in [0.5, 0.6) is 0 Å². The van der Waals surface area contributed by atoms with Crippen LogP contribution >= 0.6 is 0 Å². The van der Waals surface area contributed by atoms with Crippen molar-refractivity contribution in [2.45, 2.75) is 40.0 Å². The van der Waals surface area contributed by atoms with Gasteiger partial charge in [0.25, 0.3) is 0 Å². The molecule has 2 aliphatic rings. The molecule has 1 aliphatic heterocycles. The molecule has 5 nitrogen and oxygen atoms in total. The first kappa shape index (κ1) is 16.8. The van der Waals surface area contributed by atoms with Crippen molar-refractivity contribution in [1.82, 2.24) is 9.80 Å². The number of nitrogens with two attached hydrogens (primary N) is 1. The Morgan fingerprint density at radius 3 is 2.27 bits per heavy atom. The van der Waals surface area contributed by atoms with Crippen molar-refractivity contribution in [3.05, 3.63) is 12.2 Å². The second kappa shape index (κ2) is 6.71. The first-order chi connectivity index (χ1) is 10.3. The van der Waals surface area contributed by atoms with Gasteiger partial charge in [0.1, 0.15) is 0 Å². The van der Waals surface area contributed by atoms with Crippen molar-refractivity contribution in [3.63, 3.8) is 0 Å². The molecule has 22 heavy (non-hydrogen) atoms. The minimum atomic E-state index is -0.402. The summed E-state index contributed by atoms with van der Waals surface area (Å²) in [5, 5.41) is 0. The van der Waals surface area contributed by atoms with Gasteiger partial charge < -0.3 is 15.5 Å². The Balaban J connectivity index is 1.92. The van der Waals surface area contributed by atoms with Crippen molar-refractivity contribution < 1.29 is 9.59 Å². The highest BCUT2D eigenvalue weighted by atomic mass is 16.2. The van der Waals surface area contributed by atoms with Crippen molar-refractivity contribution >= 4 is 11.9 Å². The zero-order chi connectivity index (χ0) is 16.3. The standard InChI is InChI=1S/C17H29N3O2/c1-13-5-4-8-17(2,3)14(13)6-7-15(21)19-9-11-20(12-10-19)16(18)22/h6-7,13-14H,4-5,8-12H2,1-3H3,(H2,18,22)/b7-6+/t13-,14-/m1/s1. The molecule has 1 saturated heterocycles. The molecule has 0 bridgehead atoms. The topological polar surface area (TPSA) is 66.6 Å². The van der Waals surface area contributed by atoms with Gasteiger partial charge in [0.05, 0.1) is 0 Å². The zero-order valence-electron chi connectivity index (χ0n) is 14.0. The largest absolute Gasteiger partial charge is 0.351 e. The lowest BCUT2D eigenvalue weighted by molar-refractivity contribution is -0.127. The molecule has 1 heterocycles. The third-order valence-electron chi connectivity index (χ3n) is 5.35. The molecule has 0 spiro atoms. The molecule has 1 aliphatic carbocycles. The molecule has 2 fully saturated rings. The van der Waals surface area contributed by atoms with E-state index in [4.69, 9.17) is 5.73 Å². The van der Waals surface area contributed by atoms with E-state index in [0.29, 0.717) is 38.0 Å². The fourth-order valence-corrected chi connectivity index (χ4v) is 3.88. The Kier molecular flexibility index (Phi) is 5.14. The maximum absolute atomic E-state index is 12.3. The SMILES string of the molecule is C[C@@H]1CCCC(C)(C)[C@@H]1/C=C/C(=O)N1CCN(C(N)=O)CC1. The van der Waals surface area contributed by atoms with Crippen LogP contribution in [0, 0.1) is 17.3 Å². The predicted molar refractivity (Wildman–Crippen MR) is 87.2 cm³/mol. The molecular formula is C17H29N3O2. The van der Waals surface area contributed by atoms with Gasteiger partial charge in [-0.3, -0.25) is 4.79 Å². The van der Waals surface area contributed by atoms with E-state index in [0.717, 1.165) is 0 Å². The number of carbonyl (C=O) groups is 2. The number of urea groups is 1. The van der Waals surface area contributed by atoms with Crippen LogP contribution < -0.4 is 5.73 Å². The molecule has 2 rings (SSSR count). The van der Waals surface area contributed by atoms with Gasteiger partial charge in [-0.2, -0.15) is 0 Å². The predicted octanol–water partition coefficient (Wildman–Crippen LogP) is 2.23. The van der Waals surface area contributed by atoms with Crippen LogP contribution in [0.15, 0.2) is 12.2 Å². The fourth-order valence-electron chi connectivity index (χ4n) is 3.88. The summed E-state index contributed by atoms with van der Waals surface area (Å²) in [4.78, 5) is 26.8. The monoisotopic (exact) mass is 307 g/mol. The Hall–Kier alpha value is -1.52. The van der Waals surface area contributed by atoms with Gasteiger partial charge in [-0.15, -0.1) is 0 Å². The van der Waals surface area contributed by atoms with Crippen molar-refractivity contribution in [2.75, 3.05) is 26.2 Å². The number of allylic oxidation sites excluding steroid dienone is 1. The Bertz CT molecular complexity index is 451. The lowest BCUT2D eigenvalue weighted by atomic mass is 9.64. The van der Waals surface area contributed by atoms with Crippen LogP contribution in [-0.4, -0.2) is 47.9 Å². The Labute approximate surface area is 133 Å². The van der Waals surface area contributed by atoms with E-state index in [9.17, 15) is 9.59 Å². The van der Waals surface area contributed by atoms with Crippen molar-refractivity contribution in [2.24, 2.45) is 23.0 Å². The van der Waals surface area contributed by atoms with E-state index in [-0.39, 0.29) is 11.3 Å². The molecule has 124 valence electrons. The average molecular weight is 307 g/mol. The number of hydrogen-bond acceptors (Lipinski definition) is 2. The van der Waals surface area contributed by atoms with Crippen LogP contribution in [0.3, 0.4) is 0 Å². The Morgan fingerprint density at radius 2 is 1.73 bits per heavy atom. The number of nitrogens with zero attached hydrogens (tertiary/aromatic N) is 2. The number of carbonyl (C=O) groups excluding carboxylic acids is 2. The minimum absolute atomic E-state index is 0.0534. The lowest BCUT2D eigenvalue weighted by Crippen LogP contribution is -2.51. The maximum atomic E-state index is 12.3. The van der Waals surface area contributed by atoms with Gasteiger partial charge in [-0.25, -0.2) is 4.79 Å². The number of rotatable bonds is 2. The van der Waals surface area contributed by atoms with Gasteiger partial charge >= 0.3 is 6.03 Å². The number of primary amides is 1. The molecule has 5 heteroatoms. The smallest absolute Gasteiger partial charge is 0.314 e. The van der Waals surface area contributed by atoms with E-state index in [1.165, 1.54) is 19.3 Å². The van der Waals surface area contributed by atoms with Gasteiger partial charge in [0, 0.05) is 26.2 Å². The zero-order valence-corrected chi connectivity index (χ0v) is 14.0. The van der Waals surface area contributed by atoms with Gasteiger partial charge in [-0.1, -0.05) is 39.7 Å². The van der Waals surface area contributed by atoms with Crippen molar-refractivity contribution in [3.8, 4) is 0 Å². The number of piperazine rings is 1. The van der Waals surface area contributed by atoms with Crippen molar-refractivity contribution in [1.29, 1.82) is 0 Å². The maximum Gasteiger partial charge on any atom is 0.314 e. The highest BCUT2D eigenvalue weighted by Crippen LogP contribution is 2.44. The van der Waals surface area contributed by atoms with Gasteiger partial charge in [-0.05, 0) is 29.7 Å². The first-order valence-electron chi connectivity index (χ1n) is 8.33. The van der Waals surface area contributed by atoms with Crippen LogP contribution in [0.1, 0.15) is 40.0 Å². The first-order valence-corrected chi connectivity index (χ1v) is 8.33. The number of amides is 3. The molecule has 0 radical (unpaired) electrons. The fraction of sp³-hybridized carbons (Fsp3) is 0.765. The summed E-state index contributed by atoms with van der Waals surface area (Å²) in [7, 11) is 0. The molecule has 0 aromatic heterocycles. The van der Waals surface area contributed by atoms with E-state index in [1.807, 2.05) is 0 Å². The molecule has 0 aromatic carbocycles. The molecule has 1 saturated carbocycles. The molecule has 2 atom stereocenters. The van der Waals surface area contributed by atoms with Crippen LogP contribution in [0.2, 0.25) is 0 Å². The second-order valence-electron chi connectivity index (χ2n) is 7.39. The second-order valence-corrected chi connectivity index (χ2v) is 7.39. The summed E-state index contributed by atoms with van der Waals surface area (Å²) >= 11 is 0. The Morgan fingerprint density at radius 1 is 1.14 bits per heavy atom. The molecule has 2 N–H and O–H groups in total. The summed E-state index contributed by atoms with van der Waals surface area (Å²) in [6.07, 6.45) is 7.60. The molecule has 0 unspecified atom stereocenters. The molecular weight excluding hydrogens is 278 g/mol. The highest BCUT2D eigenvalue weighted by molar-refractivity contribution is 5.87. The summed E-state index contributed by atoms with van der Waals surface area (Å²) < 4.78 is 0.